The van der Waals surface area contributed by atoms with Gasteiger partial charge in [-0.15, -0.1) is 0 Å². The van der Waals surface area contributed by atoms with E-state index in [9.17, 15) is 19.8 Å². The Kier molecular flexibility index (Phi) is 6.51. The van der Waals surface area contributed by atoms with Crippen LogP contribution in [0.2, 0.25) is 0 Å². The zero-order valence-corrected chi connectivity index (χ0v) is 20.1. The van der Waals surface area contributed by atoms with Crippen molar-refractivity contribution in [1.29, 1.82) is 0 Å². The van der Waals surface area contributed by atoms with Gasteiger partial charge in [0.25, 0.3) is 5.56 Å². The van der Waals surface area contributed by atoms with Gasteiger partial charge in [0.05, 0.1) is 12.7 Å². The third-order valence-corrected chi connectivity index (χ3v) is 6.47. The molecule has 3 aromatic heterocycles. The number of ether oxygens (including phenoxy) is 1. The Morgan fingerprint density at radius 1 is 1.14 bits per heavy atom. The molecule has 0 saturated heterocycles. The highest BCUT2D eigenvalue weighted by atomic mass is 16.5. The minimum absolute atomic E-state index is 0.0520. The van der Waals surface area contributed by atoms with Crippen LogP contribution in [0.5, 0.6) is 17.4 Å². The lowest BCUT2D eigenvalue weighted by atomic mass is 9.89. The van der Waals surface area contributed by atoms with Crippen molar-refractivity contribution in [2.75, 3.05) is 13.7 Å². The lowest BCUT2D eigenvalue weighted by Crippen LogP contribution is -2.30. The van der Waals surface area contributed by atoms with Crippen molar-refractivity contribution in [3.05, 3.63) is 100 Å². The van der Waals surface area contributed by atoms with Gasteiger partial charge in [0.15, 0.2) is 0 Å². The lowest BCUT2D eigenvalue weighted by molar-refractivity contribution is -0.121. The zero-order valence-electron chi connectivity index (χ0n) is 20.1. The van der Waals surface area contributed by atoms with E-state index < -0.39 is 17.4 Å². The molecule has 0 fully saturated rings. The number of phenolic OH excluding ortho intramolecular Hbond substituents is 1. The summed E-state index contributed by atoms with van der Waals surface area (Å²) in [5.74, 6) is -0.596. The van der Waals surface area contributed by atoms with E-state index in [4.69, 9.17) is 4.74 Å². The maximum absolute atomic E-state index is 13.4. The average Bonchev–Trinajstić information content (AvgIpc) is 3.30. The molecule has 9 nitrogen and oxygen atoms in total. The second-order valence-electron chi connectivity index (χ2n) is 8.76. The van der Waals surface area contributed by atoms with E-state index in [1.165, 1.54) is 4.40 Å². The number of nitrogens with zero attached hydrogens (tertiary/aromatic N) is 2. The van der Waals surface area contributed by atoms with Crippen LogP contribution in [0.3, 0.4) is 0 Å². The SMILES string of the molecule is COc1ccc(C(CC(=O)NCCc2c[nH]c3ccc(O)cc23)c2c(O)nc3ccccn3c2=O)cc1. The van der Waals surface area contributed by atoms with Crippen molar-refractivity contribution >= 4 is 22.5 Å². The molecule has 0 saturated carbocycles. The van der Waals surface area contributed by atoms with E-state index in [1.54, 1.807) is 74.0 Å². The van der Waals surface area contributed by atoms with Crippen LogP contribution in [0.4, 0.5) is 0 Å². The molecule has 0 bridgehead atoms. The first kappa shape index (κ1) is 23.9. The van der Waals surface area contributed by atoms with E-state index in [0.29, 0.717) is 29.9 Å². The predicted octanol–water partition coefficient (Wildman–Crippen LogP) is 3.48. The number of pyridine rings is 1. The number of H-pyrrole nitrogens is 1. The number of rotatable bonds is 8. The highest BCUT2D eigenvalue weighted by Gasteiger charge is 2.26. The molecule has 3 heterocycles. The van der Waals surface area contributed by atoms with Crippen molar-refractivity contribution in [3.63, 3.8) is 0 Å². The molecule has 1 amide bonds. The van der Waals surface area contributed by atoms with Crippen LogP contribution in [-0.4, -0.2) is 44.1 Å². The number of amides is 1. The molecule has 2 aromatic carbocycles. The van der Waals surface area contributed by atoms with Gasteiger partial charge in [-0.25, -0.2) is 0 Å². The molecule has 0 spiro atoms. The number of carbonyl (C=O) groups is 1. The molecule has 0 aliphatic carbocycles. The largest absolute Gasteiger partial charge is 0.508 e. The molecular formula is C28H26N4O5. The summed E-state index contributed by atoms with van der Waals surface area (Å²) < 4.78 is 6.60. The highest BCUT2D eigenvalue weighted by molar-refractivity contribution is 5.84. The van der Waals surface area contributed by atoms with Gasteiger partial charge in [-0.1, -0.05) is 18.2 Å². The quantitative estimate of drug-likeness (QED) is 0.259. The molecule has 1 atom stereocenters. The van der Waals surface area contributed by atoms with Gasteiger partial charge in [-0.3, -0.25) is 14.0 Å². The van der Waals surface area contributed by atoms with Crippen LogP contribution in [0, 0.1) is 0 Å². The lowest BCUT2D eigenvalue weighted by Gasteiger charge is -2.19. The summed E-state index contributed by atoms with van der Waals surface area (Å²) in [5.41, 5.74) is 2.47. The maximum atomic E-state index is 13.4. The van der Waals surface area contributed by atoms with Gasteiger partial charge >= 0.3 is 0 Å². The van der Waals surface area contributed by atoms with Crippen molar-refractivity contribution in [3.8, 4) is 17.4 Å². The van der Waals surface area contributed by atoms with Gasteiger partial charge < -0.3 is 25.3 Å². The van der Waals surface area contributed by atoms with E-state index >= 15 is 0 Å². The second kappa shape index (κ2) is 10.1. The molecule has 37 heavy (non-hydrogen) atoms. The average molecular weight is 499 g/mol. The number of aromatic amines is 1. The fraction of sp³-hybridized carbons (Fsp3) is 0.179. The molecule has 0 radical (unpaired) electrons. The van der Waals surface area contributed by atoms with Gasteiger partial charge in [0.2, 0.25) is 11.8 Å². The van der Waals surface area contributed by atoms with E-state index in [-0.39, 0.29) is 23.6 Å². The summed E-state index contributed by atoms with van der Waals surface area (Å²) in [5, 5.41) is 24.4. The Labute approximate surface area is 212 Å². The predicted molar refractivity (Wildman–Crippen MR) is 139 cm³/mol. The van der Waals surface area contributed by atoms with Crippen molar-refractivity contribution in [1.82, 2.24) is 19.7 Å². The van der Waals surface area contributed by atoms with Gasteiger partial charge in [-0.05, 0) is 60.0 Å². The summed E-state index contributed by atoms with van der Waals surface area (Å²) >= 11 is 0. The Balaban J connectivity index is 1.40. The van der Waals surface area contributed by atoms with Gasteiger partial charge in [0, 0.05) is 42.2 Å². The first-order valence-corrected chi connectivity index (χ1v) is 11.8. The monoisotopic (exact) mass is 498 g/mol. The van der Waals surface area contributed by atoms with E-state index in [1.807, 2.05) is 6.20 Å². The Morgan fingerprint density at radius 3 is 2.73 bits per heavy atom. The summed E-state index contributed by atoms with van der Waals surface area (Å²) in [7, 11) is 1.56. The number of benzene rings is 2. The number of hydrogen-bond acceptors (Lipinski definition) is 6. The number of phenols is 1. The molecule has 0 aliphatic rings. The number of carbonyl (C=O) groups excluding carboxylic acids is 1. The molecule has 0 aliphatic heterocycles. The van der Waals surface area contributed by atoms with Crippen molar-refractivity contribution in [2.24, 2.45) is 0 Å². The standard InChI is InChI=1S/C28H26N4O5/c1-37-20-8-5-17(6-9-20)22(26-27(35)31-24-4-2-3-13-32(24)28(26)36)15-25(34)29-12-11-18-16-30-23-10-7-19(33)14-21(18)23/h2-10,13-14,16,22,30,33,35H,11-12,15H2,1H3,(H,29,34). The number of hydrogen-bond donors (Lipinski definition) is 4. The van der Waals surface area contributed by atoms with Gasteiger partial charge in [0.1, 0.15) is 17.1 Å². The summed E-state index contributed by atoms with van der Waals surface area (Å²) in [4.78, 5) is 33.8. The summed E-state index contributed by atoms with van der Waals surface area (Å²) in [6, 6.07) is 17.2. The fourth-order valence-corrected chi connectivity index (χ4v) is 4.59. The van der Waals surface area contributed by atoms with Crippen LogP contribution in [0.15, 0.2) is 77.9 Å². The summed E-state index contributed by atoms with van der Waals surface area (Å²) in [6.07, 6.45) is 3.92. The Bertz CT molecular complexity index is 1640. The Morgan fingerprint density at radius 2 is 1.95 bits per heavy atom. The van der Waals surface area contributed by atoms with E-state index in [0.717, 1.165) is 16.5 Å². The van der Waals surface area contributed by atoms with Crippen LogP contribution >= 0.6 is 0 Å². The number of aromatic hydroxyl groups is 2. The smallest absolute Gasteiger partial charge is 0.265 e. The first-order valence-electron chi connectivity index (χ1n) is 11.8. The molecule has 1 unspecified atom stereocenters. The molecular weight excluding hydrogens is 472 g/mol. The second-order valence-corrected chi connectivity index (χ2v) is 8.76. The maximum Gasteiger partial charge on any atom is 0.265 e. The van der Waals surface area contributed by atoms with E-state index in [2.05, 4.69) is 15.3 Å². The topological polar surface area (TPSA) is 129 Å². The number of fused-ring (bicyclic) bond motifs is 2. The highest BCUT2D eigenvalue weighted by Crippen LogP contribution is 2.32. The van der Waals surface area contributed by atoms with Crippen LogP contribution in [0.1, 0.15) is 29.0 Å². The van der Waals surface area contributed by atoms with Crippen LogP contribution < -0.4 is 15.6 Å². The fourth-order valence-electron chi connectivity index (χ4n) is 4.59. The third-order valence-electron chi connectivity index (χ3n) is 6.47. The Hall–Kier alpha value is -4.79. The van der Waals surface area contributed by atoms with Crippen LogP contribution in [0.25, 0.3) is 16.6 Å². The minimum Gasteiger partial charge on any atom is -0.508 e. The molecule has 188 valence electrons. The number of nitrogens with one attached hydrogen (secondary N) is 2. The zero-order chi connectivity index (χ0) is 25.9. The third kappa shape index (κ3) is 4.84. The first-order chi connectivity index (χ1) is 17.9. The molecule has 5 aromatic rings. The summed E-state index contributed by atoms with van der Waals surface area (Å²) in [6.45, 7) is 0.359. The number of aromatic nitrogens is 3. The van der Waals surface area contributed by atoms with Crippen LogP contribution in [-0.2, 0) is 11.2 Å². The molecule has 5 rings (SSSR count). The minimum atomic E-state index is -0.729. The number of methoxy groups -OCH3 is 1. The molecule has 9 heteroatoms. The van der Waals surface area contributed by atoms with Crippen molar-refractivity contribution < 1.29 is 19.7 Å². The van der Waals surface area contributed by atoms with Crippen molar-refractivity contribution in [2.45, 2.75) is 18.8 Å². The van der Waals surface area contributed by atoms with Gasteiger partial charge in [-0.2, -0.15) is 4.98 Å². The normalized spacial score (nSPS) is 12.0. The molecule has 4 N–H and O–H groups in total.